The molecule has 0 aliphatic carbocycles. The maximum absolute atomic E-state index is 14.3. The molecular weight excluding hydrogens is 606 g/mol. The van der Waals surface area contributed by atoms with Crippen molar-refractivity contribution < 1.29 is 40.4 Å². The third kappa shape index (κ3) is 6.13. The largest absolute Gasteiger partial charge is 0.435 e. The molecule has 0 saturated carbocycles. The van der Waals surface area contributed by atoms with Gasteiger partial charge < -0.3 is 4.84 Å². The molecule has 1 aromatic heterocycles. The number of hydrogen-bond donors (Lipinski definition) is 1. The van der Waals surface area contributed by atoms with Crippen LogP contribution in [0, 0.1) is 12.7 Å². The Labute approximate surface area is 238 Å². The van der Waals surface area contributed by atoms with Crippen molar-refractivity contribution >= 4 is 40.8 Å². The van der Waals surface area contributed by atoms with Crippen LogP contribution in [0.15, 0.2) is 35.5 Å². The lowest BCUT2D eigenvalue weighted by Crippen LogP contribution is -2.42. The lowest BCUT2D eigenvalue weighted by atomic mass is 9.86. The summed E-state index contributed by atoms with van der Waals surface area (Å²) < 4.78 is 96.1. The van der Waals surface area contributed by atoms with E-state index in [0.29, 0.717) is 10.2 Å². The minimum Gasteiger partial charge on any atom is -0.374 e. The molecule has 0 radical (unpaired) electrons. The summed E-state index contributed by atoms with van der Waals surface area (Å²) in [5.41, 5.74) is -3.11. The van der Waals surface area contributed by atoms with Crippen LogP contribution in [0.2, 0.25) is 10.0 Å². The van der Waals surface area contributed by atoms with Gasteiger partial charge in [-0.3, -0.25) is 10.1 Å². The first-order valence-corrected chi connectivity index (χ1v) is 12.6. The summed E-state index contributed by atoms with van der Waals surface area (Å²) >= 11 is 11.4. The smallest absolute Gasteiger partial charge is 0.374 e. The molecule has 220 valence electrons. The molecule has 0 spiro atoms. The number of hydrogen-bond acceptors (Lipinski definition) is 5. The van der Waals surface area contributed by atoms with Gasteiger partial charge in [-0.25, -0.2) is 9.07 Å². The van der Waals surface area contributed by atoms with E-state index >= 15 is 0 Å². The molecule has 2 heterocycles. The summed E-state index contributed by atoms with van der Waals surface area (Å²) in [5, 5.41) is 8.47. The van der Waals surface area contributed by atoms with Gasteiger partial charge in [-0.1, -0.05) is 48.3 Å². The molecule has 1 atom stereocenters. The van der Waals surface area contributed by atoms with Crippen LogP contribution in [0.25, 0.3) is 0 Å². The summed E-state index contributed by atoms with van der Waals surface area (Å²) in [6, 6.07) is 5.56. The molecule has 1 aliphatic heterocycles. The molecule has 41 heavy (non-hydrogen) atoms. The Kier molecular flexibility index (Phi) is 8.04. The molecule has 0 saturated heterocycles. The van der Waals surface area contributed by atoms with Gasteiger partial charge in [0.1, 0.15) is 12.4 Å². The average molecular weight is 626 g/mol. The van der Waals surface area contributed by atoms with E-state index in [1.165, 1.54) is 25.1 Å². The Morgan fingerprint density at radius 1 is 1.12 bits per heavy atom. The molecule has 2 aromatic carbocycles. The molecule has 16 heteroatoms. The maximum Gasteiger partial charge on any atom is 0.435 e. The second kappa shape index (κ2) is 10.8. The first-order chi connectivity index (χ1) is 18.9. The number of benzene rings is 2. The fourth-order valence-electron chi connectivity index (χ4n) is 4.23. The van der Waals surface area contributed by atoms with Crippen molar-refractivity contribution in [1.82, 2.24) is 14.8 Å². The van der Waals surface area contributed by atoms with Gasteiger partial charge in [0, 0.05) is 23.5 Å². The number of carbonyl (C=O) groups excluding carboxylic acids is 1. The minimum atomic E-state index is -5.00. The highest BCUT2D eigenvalue weighted by Gasteiger charge is 2.62. The fraction of sp³-hybridized carbons (Fsp3) is 0.360. The topological polar surface area (TPSA) is 81.4 Å². The fourth-order valence-corrected chi connectivity index (χ4v) is 4.72. The van der Waals surface area contributed by atoms with Crippen molar-refractivity contribution in [3.63, 3.8) is 0 Å². The van der Waals surface area contributed by atoms with Gasteiger partial charge >= 0.3 is 12.4 Å². The molecule has 4 rings (SSSR count). The van der Waals surface area contributed by atoms with Gasteiger partial charge in [-0.2, -0.15) is 31.3 Å². The molecule has 1 unspecified atom stereocenters. The number of aryl methyl sites for hydroxylation is 1. The molecule has 1 amide bonds. The highest BCUT2D eigenvalue weighted by molar-refractivity contribution is 6.35. The summed E-state index contributed by atoms with van der Waals surface area (Å²) in [4.78, 5) is 21.8. The SMILES string of the molecule is Cc1cc(C2=NOC(c3cc(Cl)c(F)c(Cl)c3)(C(F)(F)F)C2)ccc1C(=O)Nc1nc(C(C)C)n(CC(F)(F)F)n1. The van der Waals surface area contributed by atoms with Gasteiger partial charge in [0.2, 0.25) is 5.95 Å². The number of amides is 1. The zero-order valence-electron chi connectivity index (χ0n) is 21.4. The van der Waals surface area contributed by atoms with E-state index in [4.69, 9.17) is 28.0 Å². The Hall–Kier alpha value is -3.39. The van der Waals surface area contributed by atoms with E-state index in [9.17, 15) is 35.5 Å². The van der Waals surface area contributed by atoms with E-state index in [-0.39, 0.29) is 28.6 Å². The van der Waals surface area contributed by atoms with Crippen LogP contribution in [0.4, 0.5) is 36.7 Å². The van der Waals surface area contributed by atoms with Gasteiger partial charge in [0.15, 0.2) is 5.82 Å². The number of aromatic nitrogens is 3. The third-order valence-corrected chi connectivity index (χ3v) is 6.76. The highest BCUT2D eigenvalue weighted by Crippen LogP contribution is 2.50. The lowest BCUT2D eigenvalue weighted by molar-refractivity contribution is -0.275. The van der Waals surface area contributed by atoms with Crippen LogP contribution >= 0.6 is 23.2 Å². The van der Waals surface area contributed by atoms with Crippen LogP contribution in [0.5, 0.6) is 0 Å². The molecule has 7 nitrogen and oxygen atoms in total. The van der Waals surface area contributed by atoms with Gasteiger partial charge in [-0.15, -0.1) is 5.10 Å². The molecule has 0 bridgehead atoms. The minimum absolute atomic E-state index is 0.0146. The van der Waals surface area contributed by atoms with Gasteiger partial charge in [-0.05, 0) is 42.3 Å². The van der Waals surface area contributed by atoms with Crippen LogP contribution in [0.1, 0.15) is 59.1 Å². The molecule has 0 fully saturated rings. The van der Waals surface area contributed by atoms with E-state index in [1.807, 2.05) is 0 Å². The maximum atomic E-state index is 14.3. The normalized spacial score (nSPS) is 17.5. The van der Waals surface area contributed by atoms with Crippen molar-refractivity contribution in [2.24, 2.45) is 5.16 Å². The summed E-state index contributed by atoms with van der Waals surface area (Å²) in [6.07, 6.45) is -10.4. The molecule has 1 aliphatic rings. The van der Waals surface area contributed by atoms with E-state index < -0.39 is 64.2 Å². The predicted octanol–water partition coefficient (Wildman–Crippen LogP) is 7.55. The Morgan fingerprint density at radius 3 is 2.29 bits per heavy atom. The van der Waals surface area contributed by atoms with Crippen molar-refractivity contribution in [1.29, 1.82) is 0 Å². The third-order valence-electron chi connectivity index (χ3n) is 6.21. The number of anilines is 1. The van der Waals surface area contributed by atoms with Crippen LogP contribution in [-0.4, -0.2) is 38.7 Å². The summed E-state index contributed by atoms with van der Waals surface area (Å²) in [6.45, 7) is 3.35. The number of nitrogens with zero attached hydrogens (tertiary/aromatic N) is 4. The lowest BCUT2D eigenvalue weighted by Gasteiger charge is -2.29. The summed E-state index contributed by atoms with van der Waals surface area (Å²) in [5.74, 6) is -2.58. The van der Waals surface area contributed by atoms with Crippen molar-refractivity contribution in [3.05, 3.63) is 74.3 Å². The van der Waals surface area contributed by atoms with E-state index in [2.05, 4.69) is 20.6 Å². The number of alkyl halides is 6. The predicted molar refractivity (Wildman–Crippen MR) is 136 cm³/mol. The second-order valence-corrected chi connectivity index (χ2v) is 10.4. The highest BCUT2D eigenvalue weighted by atomic mass is 35.5. The number of oxime groups is 1. The number of rotatable bonds is 6. The summed E-state index contributed by atoms with van der Waals surface area (Å²) in [7, 11) is 0. The van der Waals surface area contributed by atoms with Crippen LogP contribution in [0.3, 0.4) is 0 Å². The average Bonchev–Trinajstić information content (AvgIpc) is 3.46. The van der Waals surface area contributed by atoms with E-state index in [0.717, 1.165) is 12.1 Å². The van der Waals surface area contributed by atoms with Crippen molar-refractivity contribution in [3.8, 4) is 0 Å². The monoisotopic (exact) mass is 625 g/mol. The van der Waals surface area contributed by atoms with Gasteiger partial charge in [0.05, 0.1) is 15.8 Å². The second-order valence-electron chi connectivity index (χ2n) is 9.59. The first-order valence-electron chi connectivity index (χ1n) is 11.8. The Morgan fingerprint density at radius 2 is 1.76 bits per heavy atom. The zero-order valence-corrected chi connectivity index (χ0v) is 22.9. The van der Waals surface area contributed by atoms with Crippen LogP contribution < -0.4 is 5.32 Å². The number of carbonyl (C=O) groups is 1. The molecule has 1 N–H and O–H groups in total. The molecular formula is C25H20Cl2F7N5O2. The quantitative estimate of drug-likeness (QED) is 0.226. The Balaban J connectivity index is 1.58. The van der Waals surface area contributed by atoms with E-state index in [1.54, 1.807) is 13.8 Å². The standard InChI is InChI=1S/C25H20Cl2F7N5O2/c1-11(2)20-35-22(37-39(20)10-24(29,30)31)36-21(40)15-5-4-13(6-12(15)3)18-9-23(41-38-18,25(32,33)34)14-7-16(26)19(28)17(27)8-14/h4-8,11H,9-10H2,1-3H3,(H,36,37,40). The first kappa shape index (κ1) is 30.6. The van der Waals surface area contributed by atoms with Crippen LogP contribution in [-0.2, 0) is 17.0 Å². The van der Waals surface area contributed by atoms with Crippen molar-refractivity contribution in [2.75, 3.05) is 5.32 Å². The Bertz CT molecular complexity index is 1510. The number of nitrogens with one attached hydrogen (secondary N) is 1. The van der Waals surface area contributed by atoms with Gasteiger partial charge in [0.25, 0.3) is 11.5 Å². The number of halogens is 9. The molecule has 3 aromatic rings. The van der Waals surface area contributed by atoms with Crippen molar-refractivity contribution in [2.45, 2.75) is 57.6 Å². The zero-order chi connectivity index (χ0) is 30.5.